The fourth-order valence-corrected chi connectivity index (χ4v) is 2.48. The van der Waals surface area contributed by atoms with Crippen molar-refractivity contribution in [2.24, 2.45) is 5.16 Å². The summed E-state index contributed by atoms with van der Waals surface area (Å²) in [7, 11) is 0. The molecule has 0 aliphatic heterocycles. The predicted octanol–water partition coefficient (Wildman–Crippen LogP) is 3.37. The number of furan rings is 1. The minimum atomic E-state index is -1.41. The number of rotatable bonds is 4. The summed E-state index contributed by atoms with van der Waals surface area (Å²) < 4.78 is 5.64. The maximum absolute atomic E-state index is 11.4. The number of benzene rings is 2. The highest BCUT2D eigenvalue weighted by molar-refractivity contribution is 5.75. The van der Waals surface area contributed by atoms with Crippen molar-refractivity contribution in [1.29, 1.82) is 0 Å². The van der Waals surface area contributed by atoms with Crippen molar-refractivity contribution >= 4 is 6.21 Å². The van der Waals surface area contributed by atoms with Gasteiger partial charge in [-0.25, -0.2) is 0 Å². The second-order valence-corrected chi connectivity index (χ2v) is 4.89. The van der Waals surface area contributed by atoms with E-state index in [2.05, 4.69) is 5.16 Å². The molecule has 0 unspecified atom stereocenters. The molecule has 1 aromatic heterocycles. The SMILES string of the molecule is ON=Cc1ccc(C(O)(c2ccccc2)c2ccccc2)o1. The van der Waals surface area contributed by atoms with E-state index in [1.807, 2.05) is 60.7 Å². The van der Waals surface area contributed by atoms with Crippen molar-refractivity contribution in [3.63, 3.8) is 0 Å². The van der Waals surface area contributed by atoms with Gasteiger partial charge in [0.15, 0.2) is 5.60 Å². The largest absolute Gasteiger partial charge is 0.456 e. The molecule has 3 rings (SSSR count). The van der Waals surface area contributed by atoms with E-state index in [0.717, 1.165) is 0 Å². The molecule has 4 heteroatoms. The predicted molar refractivity (Wildman–Crippen MR) is 83.1 cm³/mol. The maximum Gasteiger partial charge on any atom is 0.173 e. The van der Waals surface area contributed by atoms with Crippen molar-refractivity contribution in [2.45, 2.75) is 5.60 Å². The van der Waals surface area contributed by atoms with E-state index >= 15 is 0 Å². The van der Waals surface area contributed by atoms with Gasteiger partial charge in [0, 0.05) is 0 Å². The Labute approximate surface area is 128 Å². The summed E-state index contributed by atoms with van der Waals surface area (Å²) in [6.07, 6.45) is 1.18. The highest BCUT2D eigenvalue weighted by Gasteiger charge is 2.36. The fraction of sp³-hybridized carbons (Fsp3) is 0.0556. The molecule has 0 atom stereocenters. The number of hydrogen-bond donors (Lipinski definition) is 2. The van der Waals surface area contributed by atoms with Gasteiger partial charge in [-0.15, -0.1) is 0 Å². The Morgan fingerprint density at radius 3 is 1.86 bits per heavy atom. The Morgan fingerprint density at radius 2 is 1.36 bits per heavy atom. The lowest BCUT2D eigenvalue weighted by Crippen LogP contribution is -2.28. The maximum atomic E-state index is 11.4. The van der Waals surface area contributed by atoms with Gasteiger partial charge in [0.05, 0.1) is 0 Å². The standard InChI is InChI=1S/C18H15NO3/c20-18(14-7-3-1-4-8-14,15-9-5-2-6-10-15)17-12-11-16(22-17)13-19-21/h1-13,20-21H. The second kappa shape index (κ2) is 5.87. The molecule has 0 aliphatic carbocycles. The van der Waals surface area contributed by atoms with Crippen LogP contribution in [0.25, 0.3) is 0 Å². The van der Waals surface area contributed by atoms with Crippen LogP contribution in [-0.2, 0) is 5.60 Å². The van der Waals surface area contributed by atoms with Crippen LogP contribution in [0.2, 0.25) is 0 Å². The van der Waals surface area contributed by atoms with Gasteiger partial charge in [0.2, 0.25) is 0 Å². The van der Waals surface area contributed by atoms with E-state index in [1.165, 1.54) is 6.21 Å². The second-order valence-electron chi connectivity index (χ2n) is 4.89. The van der Waals surface area contributed by atoms with Crippen molar-refractivity contribution in [1.82, 2.24) is 0 Å². The molecule has 0 aliphatic rings. The van der Waals surface area contributed by atoms with E-state index in [9.17, 15) is 5.11 Å². The number of oxime groups is 1. The zero-order valence-corrected chi connectivity index (χ0v) is 11.8. The van der Waals surface area contributed by atoms with E-state index in [0.29, 0.717) is 22.6 Å². The van der Waals surface area contributed by atoms with Crippen LogP contribution < -0.4 is 0 Å². The molecule has 0 saturated heterocycles. The zero-order valence-electron chi connectivity index (χ0n) is 11.8. The molecule has 3 aromatic rings. The van der Waals surface area contributed by atoms with Gasteiger partial charge in [0.25, 0.3) is 0 Å². The lowest BCUT2D eigenvalue weighted by atomic mass is 9.84. The van der Waals surface area contributed by atoms with Crippen LogP contribution in [0, 0.1) is 0 Å². The van der Waals surface area contributed by atoms with Gasteiger partial charge >= 0.3 is 0 Å². The van der Waals surface area contributed by atoms with Crippen molar-refractivity contribution in [2.75, 3.05) is 0 Å². The van der Waals surface area contributed by atoms with Crippen LogP contribution in [0.1, 0.15) is 22.6 Å². The van der Waals surface area contributed by atoms with E-state index in [1.54, 1.807) is 12.1 Å². The number of aliphatic hydroxyl groups is 1. The fourth-order valence-electron chi connectivity index (χ4n) is 2.48. The van der Waals surface area contributed by atoms with Crippen LogP contribution in [-0.4, -0.2) is 16.5 Å². The minimum absolute atomic E-state index is 0.361. The first-order valence-corrected chi connectivity index (χ1v) is 6.86. The average molecular weight is 293 g/mol. The van der Waals surface area contributed by atoms with Crippen molar-refractivity contribution < 1.29 is 14.7 Å². The van der Waals surface area contributed by atoms with Gasteiger partial charge in [0.1, 0.15) is 17.7 Å². The molecule has 110 valence electrons. The van der Waals surface area contributed by atoms with Gasteiger partial charge in [-0.3, -0.25) is 0 Å². The molecule has 0 bridgehead atoms. The lowest BCUT2D eigenvalue weighted by Gasteiger charge is -2.27. The summed E-state index contributed by atoms with van der Waals surface area (Å²) in [4.78, 5) is 0. The Hall–Kier alpha value is -2.85. The molecule has 0 saturated carbocycles. The smallest absolute Gasteiger partial charge is 0.173 e. The van der Waals surface area contributed by atoms with Crippen LogP contribution >= 0.6 is 0 Å². The Morgan fingerprint density at radius 1 is 0.818 bits per heavy atom. The third kappa shape index (κ3) is 2.40. The quantitative estimate of drug-likeness (QED) is 0.440. The van der Waals surface area contributed by atoms with E-state index in [4.69, 9.17) is 9.62 Å². The molecular formula is C18H15NO3. The van der Waals surface area contributed by atoms with E-state index in [-0.39, 0.29) is 0 Å². The molecule has 1 heterocycles. The summed E-state index contributed by atoms with van der Waals surface area (Å²) in [6, 6.07) is 21.9. The van der Waals surface area contributed by atoms with Crippen molar-refractivity contribution in [3.05, 3.63) is 95.4 Å². The third-order valence-electron chi connectivity index (χ3n) is 3.55. The number of nitrogens with zero attached hydrogens (tertiary/aromatic N) is 1. The monoisotopic (exact) mass is 293 g/mol. The van der Waals surface area contributed by atoms with Crippen LogP contribution in [0.15, 0.2) is 82.4 Å². The molecule has 0 spiro atoms. The van der Waals surface area contributed by atoms with Crippen LogP contribution in [0.4, 0.5) is 0 Å². The molecule has 22 heavy (non-hydrogen) atoms. The molecule has 0 fully saturated rings. The molecule has 2 aromatic carbocycles. The third-order valence-corrected chi connectivity index (χ3v) is 3.55. The summed E-state index contributed by atoms with van der Waals surface area (Å²) in [6.45, 7) is 0. The van der Waals surface area contributed by atoms with Crippen LogP contribution in [0.5, 0.6) is 0 Å². The lowest BCUT2D eigenvalue weighted by molar-refractivity contribution is 0.0987. The number of hydrogen-bond acceptors (Lipinski definition) is 4. The Kier molecular flexibility index (Phi) is 3.76. The molecule has 0 amide bonds. The average Bonchev–Trinajstić information content (AvgIpc) is 3.05. The molecule has 0 radical (unpaired) electrons. The normalized spacial score (nSPS) is 11.9. The van der Waals surface area contributed by atoms with Gasteiger partial charge < -0.3 is 14.7 Å². The molecular weight excluding hydrogens is 278 g/mol. The topological polar surface area (TPSA) is 66.0 Å². The minimum Gasteiger partial charge on any atom is -0.456 e. The molecule has 2 N–H and O–H groups in total. The first-order valence-electron chi connectivity index (χ1n) is 6.86. The summed E-state index contributed by atoms with van der Waals surface area (Å²) in [5, 5.41) is 23.0. The summed E-state index contributed by atoms with van der Waals surface area (Å²) in [5.74, 6) is 0.725. The molecule has 4 nitrogen and oxygen atoms in total. The highest BCUT2D eigenvalue weighted by atomic mass is 16.4. The van der Waals surface area contributed by atoms with Crippen molar-refractivity contribution in [3.8, 4) is 0 Å². The van der Waals surface area contributed by atoms with Gasteiger partial charge in [-0.05, 0) is 23.3 Å². The Bertz CT molecular complexity index is 724. The summed E-state index contributed by atoms with van der Waals surface area (Å²) in [5.41, 5.74) is -0.0181. The first kappa shape index (κ1) is 14.1. The highest BCUT2D eigenvalue weighted by Crippen LogP contribution is 2.37. The van der Waals surface area contributed by atoms with E-state index < -0.39 is 5.60 Å². The first-order chi connectivity index (χ1) is 10.7. The van der Waals surface area contributed by atoms with Gasteiger partial charge in [-0.2, -0.15) is 0 Å². The van der Waals surface area contributed by atoms with Gasteiger partial charge in [-0.1, -0.05) is 65.8 Å². The zero-order chi connectivity index (χ0) is 15.4. The summed E-state index contributed by atoms with van der Waals surface area (Å²) >= 11 is 0. The Balaban J connectivity index is 2.19. The van der Waals surface area contributed by atoms with Crippen LogP contribution in [0.3, 0.4) is 0 Å².